The van der Waals surface area contributed by atoms with Crippen molar-refractivity contribution < 1.29 is 4.79 Å². The average molecular weight is 267 g/mol. The molecule has 0 aliphatic carbocycles. The van der Waals surface area contributed by atoms with Gasteiger partial charge in [-0.3, -0.25) is 4.79 Å². The number of rotatable bonds is 6. The number of carbonyl (C=O) groups is 1. The summed E-state index contributed by atoms with van der Waals surface area (Å²) >= 11 is 0. The Morgan fingerprint density at radius 1 is 1.20 bits per heavy atom. The van der Waals surface area contributed by atoms with Crippen molar-refractivity contribution in [2.75, 3.05) is 13.1 Å². The summed E-state index contributed by atoms with van der Waals surface area (Å²) in [4.78, 5) is 18.1. The van der Waals surface area contributed by atoms with Gasteiger partial charge in [0.25, 0.3) is 5.91 Å². The van der Waals surface area contributed by atoms with Crippen LogP contribution in [0.5, 0.6) is 0 Å². The molecule has 1 aromatic rings. The quantitative estimate of drug-likeness (QED) is 0.801. The number of carbonyl (C=O) groups excluding carboxylic acids is 1. The molecule has 4 heteroatoms. The van der Waals surface area contributed by atoms with E-state index in [1.54, 1.807) is 17.1 Å². The van der Waals surface area contributed by atoms with Gasteiger partial charge in [0, 0.05) is 13.1 Å². The first-order valence-electron chi connectivity index (χ1n) is 6.34. The van der Waals surface area contributed by atoms with Crippen LogP contribution in [0.25, 0.3) is 5.57 Å². The lowest BCUT2D eigenvalue weighted by Crippen LogP contribution is -2.40. The molecule has 4 nitrogen and oxygen atoms in total. The Morgan fingerprint density at radius 2 is 1.80 bits per heavy atom. The number of hydrogen-bond acceptors (Lipinski definition) is 3. The van der Waals surface area contributed by atoms with E-state index in [4.69, 9.17) is 5.73 Å². The number of aliphatic imine (C=N–C) groups is 1. The van der Waals surface area contributed by atoms with Gasteiger partial charge < -0.3 is 10.6 Å². The van der Waals surface area contributed by atoms with E-state index in [0.29, 0.717) is 30.2 Å². The van der Waals surface area contributed by atoms with Crippen molar-refractivity contribution in [1.29, 1.82) is 0 Å². The molecule has 0 saturated heterocycles. The van der Waals surface area contributed by atoms with E-state index in [9.17, 15) is 4.79 Å². The largest absolute Gasteiger partial charge is 0.383 e. The zero-order valence-electron chi connectivity index (χ0n) is 11.2. The lowest BCUT2D eigenvalue weighted by atomic mass is 9.96. The minimum atomic E-state index is -0.155. The second-order valence-corrected chi connectivity index (χ2v) is 4.37. The molecule has 1 aromatic carbocycles. The smallest absolute Gasteiger partial charge is 0.273 e. The predicted molar refractivity (Wildman–Crippen MR) is 82.0 cm³/mol. The Labute approximate surface area is 118 Å². The van der Waals surface area contributed by atoms with E-state index in [2.05, 4.69) is 18.2 Å². The molecular weight excluding hydrogens is 250 g/mol. The fourth-order valence-corrected chi connectivity index (χ4v) is 2.05. The van der Waals surface area contributed by atoms with Gasteiger partial charge in [0.15, 0.2) is 0 Å². The molecule has 0 atom stereocenters. The summed E-state index contributed by atoms with van der Waals surface area (Å²) in [6.45, 7) is 8.21. The first-order chi connectivity index (χ1) is 9.69. The summed E-state index contributed by atoms with van der Waals surface area (Å²) in [6, 6.07) is 9.55. The maximum absolute atomic E-state index is 12.4. The van der Waals surface area contributed by atoms with Crippen molar-refractivity contribution in [3.63, 3.8) is 0 Å². The highest BCUT2D eigenvalue weighted by atomic mass is 16.2. The predicted octanol–water partition coefficient (Wildman–Crippen LogP) is 1.97. The minimum absolute atomic E-state index is 0.155. The van der Waals surface area contributed by atoms with Gasteiger partial charge in [-0.1, -0.05) is 42.5 Å². The Morgan fingerprint density at radius 3 is 2.30 bits per heavy atom. The highest BCUT2D eigenvalue weighted by Crippen LogP contribution is 2.27. The highest BCUT2D eigenvalue weighted by Gasteiger charge is 2.30. The van der Waals surface area contributed by atoms with Gasteiger partial charge in [-0.05, 0) is 5.56 Å². The maximum atomic E-state index is 12.4. The molecule has 1 aliphatic heterocycles. The molecule has 0 saturated carbocycles. The van der Waals surface area contributed by atoms with Crippen molar-refractivity contribution in [1.82, 2.24) is 4.90 Å². The van der Waals surface area contributed by atoms with Crippen LogP contribution in [0.2, 0.25) is 0 Å². The maximum Gasteiger partial charge on any atom is 0.273 e. The molecule has 0 fully saturated rings. The fourth-order valence-electron chi connectivity index (χ4n) is 2.05. The van der Waals surface area contributed by atoms with Crippen molar-refractivity contribution in [3.8, 4) is 0 Å². The zero-order chi connectivity index (χ0) is 14.5. The van der Waals surface area contributed by atoms with Gasteiger partial charge in [-0.25, -0.2) is 4.99 Å². The lowest BCUT2D eigenvalue weighted by Gasteiger charge is -2.25. The molecule has 1 heterocycles. The van der Waals surface area contributed by atoms with Crippen molar-refractivity contribution in [2.45, 2.75) is 0 Å². The summed E-state index contributed by atoms with van der Waals surface area (Å²) < 4.78 is 0. The van der Waals surface area contributed by atoms with Gasteiger partial charge in [-0.2, -0.15) is 0 Å². The molecule has 0 unspecified atom stereocenters. The second kappa shape index (κ2) is 6.02. The van der Waals surface area contributed by atoms with E-state index in [-0.39, 0.29) is 5.91 Å². The minimum Gasteiger partial charge on any atom is -0.383 e. The molecular formula is C16H17N3O. The molecule has 0 aromatic heterocycles. The highest BCUT2D eigenvalue weighted by molar-refractivity contribution is 6.58. The van der Waals surface area contributed by atoms with Gasteiger partial charge in [-0.15, -0.1) is 13.2 Å². The first-order valence-corrected chi connectivity index (χ1v) is 6.34. The van der Waals surface area contributed by atoms with E-state index in [1.807, 2.05) is 30.3 Å². The molecule has 20 heavy (non-hydrogen) atoms. The Hall–Kier alpha value is -2.62. The number of nitrogens with zero attached hydrogens (tertiary/aromatic N) is 2. The average Bonchev–Trinajstić information content (AvgIpc) is 2.45. The third kappa shape index (κ3) is 2.54. The van der Waals surface area contributed by atoms with Crippen LogP contribution in [-0.2, 0) is 4.79 Å². The normalized spacial score (nSPS) is 13.3. The van der Waals surface area contributed by atoms with Gasteiger partial charge in [0.1, 0.15) is 11.5 Å². The van der Waals surface area contributed by atoms with Crippen LogP contribution < -0.4 is 5.73 Å². The standard InChI is InChI=1S/C16H17N3O/c1-3-10-19(11-4-2)16(20)14-13(15(17)18-14)12-8-6-5-7-9-12/h3-9H,1-2,10-11H2,(H2,17,18). The molecule has 1 aliphatic rings. The second-order valence-electron chi connectivity index (χ2n) is 4.37. The molecule has 1 amide bonds. The third-order valence-electron chi connectivity index (χ3n) is 2.98. The topological polar surface area (TPSA) is 58.7 Å². The SMILES string of the molecule is C=CCN(CC=C)C(=O)C1=NC(N)=C1c1ccccc1. The first kappa shape index (κ1) is 13.8. The van der Waals surface area contributed by atoms with E-state index < -0.39 is 0 Å². The lowest BCUT2D eigenvalue weighted by molar-refractivity contribution is -0.123. The van der Waals surface area contributed by atoms with E-state index in [0.717, 1.165) is 5.56 Å². The Kier molecular flexibility index (Phi) is 4.15. The molecule has 2 rings (SSSR count). The summed E-state index contributed by atoms with van der Waals surface area (Å²) in [5.41, 5.74) is 7.83. The van der Waals surface area contributed by atoms with Crippen LogP contribution in [-0.4, -0.2) is 29.6 Å². The molecule has 0 spiro atoms. The van der Waals surface area contributed by atoms with Crippen molar-refractivity contribution in [3.05, 3.63) is 67.0 Å². The Bertz CT molecular complexity index is 589. The number of amides is 1. The van der Waals surface area contributed by atoms with Crippen LogP contribution in [0.4, 0.5) is 0 Å². The van der Waals surface area contributed by atoms with Crippen LogP contribution in [0.1, 0.15) is 5.56 Å². The zero-order valence-corrected chi connectivity index (χ0v) is 11.2. The molecule has 2 N–H and O–H groups in total. The molecule has 0 radical (unpaired) electrons. The van der Waals surface area contributed by atoms with E-state index in [1.165, 1.54) is 0 Å². The summed E-state index contributed by atoms with van der Waals surface area (Å²) in [5.74, 6) is 0.245. The van der Waals surface area contributed by atoms with Gasteiger partial charge in [0.2, 0.25) is 0 Å². The Balaban J connectivity index is 2.22. The van der Waals surface area contributed by atoms with Crippen LogP contribution in [0, 0.1) is 0 Å². The third-order valence-corrected chi connectivity index (χ3v) is 2.98. The summed E-state index contributed by atoms with van der Waals surface area (Å²) in [5, 5.41) is 0. The van der Waals surface area contributed by atoms with Crippen molar-refractivity contribution >= 4 is 17.2 Å². The fraction of sp³-hybridized carbons (Fsp3) is 0.125. The van der Waals surface area contributed by atoms with Gasteiger partial charge >= 0.3 is 0 Å². The number of nitrogens with two attached hydrogens (primary N) is 1. The van der Waals surface area contributed by atoms with Crippen LogP contribution in [0.15, 0.2) is 66.5 Å². The van der Waals surface area contributed by atoms with E-state index >= 15 is 0 Å². The number of benzene rings is 1. The monoisotopic (exact) mass is 267 g/mol. The molecule has 102 valence electrons. The number of hydrogen-bond donors (Lipinski definition) is 1. The van der Waals surface area contributed by atoms with Crippen LogP contribution in [0.3, 0.4) is 0 Å². The summed E-state index contributed by atoms with van der Waals surface area (Å²) in [7, 11) is 0. The van der Waals surface area contributed by atoms with Crippen LogP contribution >= 0.6 is 0 Å². The molecule has 0 bridgehead atoms. The van der Waals surface area contributed by atoms with Crippen molar-refractivity contribution in [2.24, 2.45) is 10.7 Å². The van der Waals surface area contributed by atoms with Gasteiger partial charge in [0.05, 0.1) is 5.57 Å². The summed E-state index contributed by atoms with van der Waals surface area (Å²) in [6.07, 6.45) is 3.35.